The van der Waals surface area contributed by atoms with Gasteiger partial charge in [0.15, 0.2) is 0 Å². The average Bonchev–Trinajstić information content (AvgIpc) is 2.20. The molecular formula is C11H16N2O2. The third-order valence-corrected chi connectivity index (χ3v) is 1.84. The molecule has 0 aromatic heterocycles. The van der Waals surface area contributed by atoms with E-state index in [0.29, 0.717) is 5.75 Å². The number of benzene rings is 1. The van der Waals surface area contributed by atoms with Crippen LogP contribution in [0.4, 0.5) is 0 Å². The molecule has 15 heavy (non-hydrogen) atoms. The fourth-order valence-corrected chi connectivity index (χ4v) is 1.26. The first-order chi connectivity index (χ1) is 7.17. The lowest BCUT2D eigenvalue weighted by atomic mass is 10.1. The Hall–Kier alpha value is -1.55. The van der Waals surface area contributed by atoms with Gasteiger partial charge in [0, 0.05) is 5.56 Å². The summed E-state index contributed by atoms with van der Waals surface area (Å²) in [6.45, 7) is 3.82. The van der Waals surface area contributed by atoms with Gasteiger partial charge in [-0.1, -0.05) is 0 Å². The highest BCUT2D eigenvalue weighted by molar-refractivity contribution is 5.80. The van der Waals surface area contributed by atoms with Crippen LogP contribution in [0.25, 0.3) is 0 Å². The summed E-state index contributed by atoms with van der Waals surface area (Å²) < 4.78 is 5.53. The minimum atomic E-state index is -0.0612. The van der Waals surface area contributed by atoms with E-state index >= 15 is 0 Å². The Balaban J connectivity index is 2.98. The summed E-state index contributed by atoms with van der Waals surface area (Å²) in [5.74, 6) is 5.74. The lowest BCUT2D eigenvalue weighted by molar-refractivity contribution is 0.225. The fraction of sp³-hybridized carbons (Fsp3) is 0.364. The molecule has 0 spiro atoms. The molecule has 0 aliphatic heterocycles. The Bertz CT molecular complexity index is 348. The maximum absolute atomic E-state index is 9.17. The minimum absolute atomic E-state index is 0.0612. The molecule has 0 atom stereocenters. The van der Waals surface area contributed by atoms with Crippen LogP contribution in [0.3, 0.4) is 0 Å². The van der Waals surface area contributed by atoms with Crippen molar-refractivity contribution in [1.29, 1.82) is 0 Å². The molecule has 0 radical (unpaired) electrons. The van der Waals surface area contributed by atoms with Gasteiger partial charge in [-0.25, -0.2) is 0 Å². The summed E-state index contributed by atoms with van der Waals surface area (Å²) in [6.07, 6.45) is 1.61. The number of hydrazone groups is 1. The molecule has 0 saturated heterocycles. The number of ether oxygens (including phenoxy) is 1. The highest BCUT2D eigenvalue weighted by Crippen LogP contribution is 2.20. The van der Waals surface area contributed by atoms with Crippen molar-refractivity contribution in [2.24, 2.45) is 10.9 Å². The summed E-state index contributed by atoms with van der Waals surface area (Å²) >= 11 is 0. The molecule has 3 N–H and O–H groups in total. The first kappa shape index (κ1) is 11.5. The molecule has 0 amide bonds. The van der Waals surface area contributed by atoms with E-state index in [1.54, 1.807) is 6.07 Å². The number of aliphatic hydroxyl groups is 1. The Morgan fingerprint density at radius 2 is 2.27 bits per heavy atom. The molecule has 1 aromatic carbocycles. The largest absolute Gasteiger partial charge is 0.491 e. The summed E-state index contributed by atoms with van der Waals surface area (Å²) in [5, 5.41) is 12.6. The first-order valence-corrected chi connectivity index (χ1v) is 4.81. The van der Waals surface area contributed by atoms with Crippen LogP contribution in [0.1, 0.15) is 25.0 Å². The highest BCUT2D eigenvalue weighted by Gasteiger charge is 2.05. The van der Waals surface area contributed by atoms with Crippen molar-refractivity contribution in [3.05, 3.63) is 29.3 Å². The quantitative estimate of drug-likeness (QED) is 0.444. The number of nitrogens with two attached hydrogens (primary N) is 1. The van der Waals surface area contributed by atoms with Crippen LogP contribution in [-0.2, 0) is 6.61 Å². The van der Waals surface area contributed by atoms with Crippen molar-refractivity contribution >= 4 is 6.21 Å². The maximum Gasteiger partial charge on any atom is 0.125 e. The summed E-state index contributed by atoms with van der Waals surface area (Å²) in [6, 6.07) is 5.45. The first-order valence-electron chi connectivity index (χ1n) is 4.81. The van der Waals surface area contributed by atoms with Crippen LogP contribution >= 0.6 is 0 Å². The number of nitrogens with zero attached hydrogens (tertiary/aromatic N) is 1. The molecule has 0 bridgehead atoms. The van der Waals surface area contributed by atoms with Gasteiger partial charge in [0.05, 0.1) is 18.9 Å². The second-order valence-corrected chi connectivity index (χ2v) is 3.47. The standard InChI is InChI=1S/C11H16N2O2/c1-8(2)15-11-4-3-9(6-13-12)5-10(11)7-14/h3-6,8,14H,7,12H2,1-2H3. The van der Waals surface area contributed by atoms with Crippen LogP contribution in [0.15, 0.2) is 23.3 Å². The van der Waals surface area contributed by atoms with Gasteiger partial charge in [0.1, 0.15) is 5.75 Å². The number of hydrogen-bond donors (Lipinski definition) is 2. The number of rotatable bonds is 4. The second kappa shape index (κ2) is 5.36. The van der Waals surface area contributed by atoms with E-state index in [1.165, 1.54) is 6.21 Å². The van der Waals surface area contributed by atoms with Crippen LogP contribution in [0, 0.1) is 0 Å². The van der Waals surface area contributed by atoms with Crippen LogP contribution in [0.5, 0.6) is 5.75 Å². The third kappa shape index (κ3) is 3.25. The van der Waals surface area contributed by atoms with Crippen molar-refractivity contribution in [2.45, 2.75) is 26.6 Å². The van der Waals surface area contributed by atoms with E-state index in [1.807, 2.05) is 26.0 Å². The Morgan fingerprint density at radius 3 is 2.80 bits per heavy atom. The van der Waals surface area contributed by atoms with Crippen molar-refractivity contribution in [2.75, 3.05) is 0 Å². The fourth-order valence-electron chi connectivity index (χ4n) is 1.26. The molecule has 1 rings (SSSR count). The van der Waals surface area contributed by atoms with Crippen molar-refractivity contribution in [1.82, 2.24) is 0 Å². The molecular weight excluding hydrogens is 192 g/mol. The van der Waals surface area contributed by atoms with Gasteiger partial charge in [0.25, 0.3) is 0 Å². The number of hydrogen-bond acceptors (Lipinski definition) is 4. The van der Waals surface area contributed by atoms with Crippen LogP contribution in [-0.4, -0.2) is 17.4 Å². The number of aliphatic hydroxyl groups excluding tert-OH is 1. The van der Waals surface area contributed by atoms with E-state index < -0.39 is 0 Å². The molecule has 0 aliphatic rings. The van der Waals surface area contributed by atoms with Crippen LogP contribution < -0.4 is 10.6 Å². The molecule has 0 heterocycles. The monoisotopic (exact) mass is 208 g/mol. The maximum atomic E-state index is 9.17. The van der Waals surface area contributed by atoms with Crippen LogP contribution in [0.2, 0.25) is 0 Å². The third-order valence-electron chi connectivity index (χ3n) is 1.84. The molecule has 82 valence electrons. The lowest BCUT2D eigenvalue weighted by Crippen LogP contribution is -2.07. The van der Waals surface area contributed by atoms with Gasteiger partial charge in [-0.2, -0.15) is 5.10 Å². The van der Waals surface area contributed by atoms with E-state index in [4.69, 9.17) is 15.7 Å². The Kier molecular flexibility index (Phi) is 4.12. The molecule has 0 saturated carbocycles. The zero-order chi connectivity index (χ0) is 11.3. The molecule has 4 heteroatoms. The molecule has 0 fully saturated rings. The van der Waals surface area contributed by atoms with Gasteiger partial charge in [-0.15, -0.1) is 0 Å². The average molecular weight is 208 g/mol. The predicted octanol–water partition coefficient (Wildman–Crippen LogP) is 1.26. The van der Waals surface area contributed by atoms with E-state index in [-0.39, 0.29) is 12.7 Å². The molecule has 0 unspecified atom stereocenters. The Labute approximate surface area is 89.4 Å². The van der Waals surface area contributed by atoms with Gasteiger partial charge >= 0.3 is 0 Å². The summed E-state index contributed by atoms with van der Waals surface area (Å²) in [5.41, 5.74) is 1.58. The smallest absolute Gasteiger partial charge is 0.125 e. The van der Waals surface area contributed by atoms with Gasteiger partial charge in [0.2, 0.25) is 0 Å². The second-order valence-electron chi connectivity index (χ2n) is 3.47. The topological polar surface area (TPSA) is 67.8 Å². The van der Waals surface area contributed by atoms with Gasteiger partial charge in [-0.05, 0) is 37.6 Å². The molecule has 0 aliphatic carbocycles. The normalized spacial score (nSPS) is 11.2. The SMILES string of the molecule is CC(C)Oc1ccc(C=NN)cc1CO. The van der Waals surface area contributed by atoms with Crippen molar-refractivity contribution in [3.8, 4) is 5.75 Å². The lowest BCUT2D eigenvalue weighted by Gasteiger charge is -2.13. The van der Waals surface area contributed by atoms with Crippen molar-refractivity contribution < 1.29 is 9.84 Å². The zero-order valence-electron chi connectivity index (χ0n) is 8.97. The van der Waals surface area contributed by atoms with E-state index in [0.717, 1.165) is 11.1 Å². The Morgan fingerprint density at radius 1 is 1.53 bits per heavy atom. The predicted molar refractivity (Wildman–Crippen MR) is 59.9 cm³/mol. The van der Waals surface area contributed by atoms with E-state index in [2.05, 4.69) is 5.10 Å². The van der Waals surface area contributed by atoms with E-state index in [9.17, 15) is 0 Å². The van der Waals surface area contributed by atoms with Crippen molar-refractivity contribution in [3.63, 3.8) is 0 Å². The summed E-state index contributed by atoms with van der Waals surface area (Å²) in [4.78, 5) is 0. The van der Waals surface area contributed by atoms with Gasteiger partial charge in [-0.3, -0.25) is 0 Å². The highest BCUT2D eigenvalue weighted by atomic mass is 16.5. The molecule has 1 aromatic rings. The molecule has 4 nitrogen and oxygen atoms in total. The zero-order valence-corrected chi connectivity index (χ0v) is 8.97. The minimum Gasteiger partial charge on any atom is -0.491 e. The van der Waals surface area contributed by atoms with Gasteiger partial charge < -0.3 is 15.7 Å². The summed E-state index contributed by atoms with van der Waals surface area (Å²) in [7, 11) is 0.